The van der Waals surface area contributed by atoms with E-state index in [9.17, 15) is 14.4 Å². The summed E-state index contributed by atoms with van der Waals surface area (Å²) in [6, 6.07) is 0. The zero-order valence-electron chi connectivity index (χ0n) is 11.8. The first-order valence-electron chi connectivity index (χ1n) is 6.83. The summed E-state index contributed by atoms with van der Waals surface area (Å²) in [6.45, 7) is 5.29. The average molecular weight is 286 g/mol. The van der Waals surface area contributed by atoms with Gasteiger partial charge in [-0.3, -0.25) is 14.4 Å². The van der Waals surface area contributed by atoms with E-state index in [1.807, 2.05) is 6.92 Å². The summed E-state index contributed by atoms with van der Waals surface area (Å²) in [5.41, 5.74) is 0. The van der Waals surface area contributed by atoms with Crippen molar-refractivity contribution >= 4 is 17.8 Å². The molecule has 1 heterocycles. The molecule has 0 saturated carbocycles. The Balaban J connectivity index is 2.68. The lowest BCUT2D eigenvalue weighted by atomic mass is 9.85. The highest BCUT2D eigenvalue weighted by atomic mass is 16.4. The lowest BCUT2D eigenvalue weighted by Gasteiger charge is -2.36. The Bertz CT molecular complexity index is 385. The number of carboxylic acid groups (broad SMARTS) is 2. The summed E-state index contributed by atoms with van der Waals surface area (Å²) in [4.78, 5) is 35.9. The molecule has 1 aliphatic rings. The first-order valence-corrected chi connectivity index (χ1v) is 6.83. The lowest BCUT2D eigenvalue weighted by Crippen LogP contribution is -2.50. The summed E-state index contributed by atoms with van der Waals surface area (Å²) in [7, 11) is 0. The maximum atomic E-state index is 12.2. The molecule has 0 aromatic carbocycles. The Kier molecular flexibility index (Phi) is 5.94. The van der Waals surface area contributed by atoms with Crippen LogP contribution in [0, 0.1) is 17.8 Å². The van der Waals surface area contributed by atoms with Crippen molar-refractivity contribution in [2.24, 2.45) is 17.8 Å². The van der Waals surface area contributed by atoms with Gasteiger partial charge < -0.3 is 20.4 Å². The van der Waals surface area contributed by atoms with Crippen LogP contribution in [0.15, 0.2) is 0 Å². The molecule has 0 bridgehead atoms. The van der Waals surface area contributed by atoms with Crippen LogP contribution in [0.25, 0.3) is 0 Å². The molecule has 0 aromatic heterocycles. The van der Waals surface area contributed by atoms with Gasteiger partial charge in [-0.1, -0.05) is 13.8 Å². The van der Waals surface area contributed by atoms with Crippen LogP contribution in [0.3, 0.4) is 0 Å². The highest BCUT2D eigenvalue weighted by Gasteiger charge is 2.40. The van der Waals surface area contributed by atoms with Crippen molar-refractivity contribution in [3.63, 3.8) is 0 Å². The number of aliphatic carboxylic acids is 2. The summed E-state index contributed by atoms with van der Waals surface area (Å²) in [5.74, 6) is -4.58. The largest absolute Gasteiger partial charge is 0.481 e. The van der Waals surface area contributed by atoms with Crippen LogP contribution < -0.4 is 5.32 Å². The molecule has 1 rings (SSSR count). The number of carbonyl (C=O) groups excluding carboxylic acids is 1. The smallest absolute Gasteiger partial charge is 0.309 e. The van der Waals surface area contributed by atoms with Crippen LogP contribution in [-0.4, -0.2) is 59.1 Å². The van der Waals surface area contributed by atoms with Crippen LogP contribution in [0.5, 0.6) is 0 Å². The number of hydrogen-bond acceptors (Lipinski definition) is 4. The summed E-state index contributed by atoms with van der Waals surface area (Å²) in [5, 5.41) is 21.2. The number of piperidine rings is 1. The third kappa shape index (κ3) is 3.93. The molecule has 0 aliphatic carbocycles. The number of hydrogen-bond donors (Lipinski definition) is 3. The molecular formula is C13H22N2O5. The fourth-order valence-electron chi connectivity index (χ4n) is 2.46. The van der Waals surface area contributed by atoms with E-state index in [0.29, 0.717) is 13.1 Å². The second-order valence-corrected chi connectivity index (χ2v) is 5.17. The third-order valence-electron chi connectivity index (χ3n) is 3.68. The minimum atomic E-state index is -1.16. The van der Waals surface area contributed by atoms with Crippen molar-refractivity contribution < 1.29 is 24.6 Å². The van der Waals surface area contributed by atoms with Crippen LogP contribution in [0.4, 0.5) is 0 Å². The molecule has 1 saturated heterocycles. The number of nitrogens with one attached hydrogen (secondary N) is 1. The van der Waals surface area contributed by atoms with Gasteiger partial charge >= 0.3 is 11.9 Å². The van der Waals surface area contributed by atoms with Gasteiger partial charge in [-0.05, 0) is 13.0 Å². The second-order valence-electron chi connectivity index (χ2n) is 5.17. The number of amides is 1. The van der Waals surface area contributed by atoms with Crippen molar-refractivity contribution in [2.75, 3.05) is 26.2 Å². The average Bonchev–Trinajstić information content (AvgIpc) is 2.42. The van der Waals surface area contributed by atoms with E-state index in [4.69, 9.17) is 10.2 Å². The maximum absolute atomic E-state index is 12.2. The van der Waals surface area contributed by atoms with E-state index >= 15 is 0 Å². The van der Waals surface area contributed by atoms with E-state index < -0.39 is 23.8 Å². The fraction of sp³-hybridized carbons (Fsp3) is 0.769. The van der Waals surface area contributed by atoms with Gasteiger partial charge in [0.2, 0.25) is 5.91 Å². The number of nitrogens with zero attached hydrogens (tertiary/aromatic N) is 1. The van der Waals surface area contributed by atoms with Crippen LogP contribution in [0.2, 0.25) is 0 Å². The number of rotatable bonds is 6. The molecule has 0 radical (unpaired) electrons. The van der Waals surface area contributed by atoms with Gasteiger partial charge in [-0.25, -0.2) is 0 Å². The van der Waals surface area contributed by atoms with Gasteiger partial charge in [0, 0.05) is 25.6 Å². The molecular weight excluding hydrogens is 264 g/mol. The predicted octanol–water partition coefficient (Wildman–Crippen LogP) is -0.134. The molecule has 3 N–H and O–H groups in total. The zero-order chi connectivity index (χ0) is 15.3. The molecule has 1 amide bonds. The van der Waals surface area contributed by atoms with Gasteiger partial charge in [0.25, 0.3) is 0 Å². The molecule has 114 valence electrons. The molecule has 3 atom stereocenters. The minimum absolute atomic E-state index is 0.0262. The van der Waals surface area contributed by atoms with Gasteiger partial charge in [0.15, 0.2) is 0 Å². The van der Waals surface area contributed by atoms with E-state index in [1.165, 1.54) is 4.90 Å². The van der Waals surface area contributed by atoms with Crippen molar-refractivity contribution in [3.05, 3.63) is 0 Å². The summed E-state index contributed by atoms with van der Waals surface area (Å²) >= 11 is 0. The fourth-order valence-corrected chi connectivity index (χ4v) is 2.46. The lowest BCUT2D eigenvalue weighted by molar-refractivity contribution is -0.159. The van der Waals surface area contributed by atoms with Gasteiger partial charge in [-0.2, -0.15) is 0 Å². The van der Waals surface area contributed by atoms with Crippen molar-refractivity contribution in [2.45, 2.75) is 20.3 Å². The Morgan fingerprint density at radius 2 is 1.85 bits per heavy atom. The molecule has 3 unspecified atom stereocenters. The van der Waals surface area contributed by atoms with Gasteiger partial charge in [-0.15, -0.1) is 0 Å². The Labute approximate surface area is 117 Å². The van der Waals surface area contributed by atoms with Gasteiger partial charge in [0.05, 0.1) is 11.8 Å². The Hall–Kier alpha value is -1.63. The maximum Gasteiger partial charge on any atom is 0.309 e. The topological polar surface area (TPSA) is 107 Å². The monoisotopic (exact) mass is 286 g/mol. The van der Waals surface area contributed by atoms with Crippen molar-refractivity contribution in [1.82, 2.24) is 10.2 Å². The number of carboxylic acids is 2. The van der Waals surface area contributed by atoms with Crippen molar-refractivity contribution in [3.8, 4) is 0 Å². The third-order valence-corrected chi connectivity index (χ3v) is 3.68. The van der Waals surface area contributed by atoms with E-state index in [0.717, 1.165) is 6.54 Å². The minimum Gasteiger partial charge on any atom is -0.481 e. The van der Waals surface area contributed by atoms with Crippen molar-refractivity contribution in [1.29, 1.82) is 0 Å². The molecule has 1 aliphatic heterocycles. The molecule has 7 nitrogen and oxygen atoms in total. The Morgan fingerprint density at radius 1 is 1.25 bits per heavy atom. The standard InChI is InChI=1S/C13H22N2O5/c1-3-14-6-8(2)11(16)15-5-4-9(12(17)18)10(7-15)13(19)20/h8-10,14H,3-7H2,1-2H3,(H,17,18)(H,19,20). The van der Waals surface area contributed by atoms with Gasteiger partial charge in [0.1, 0.15) is 0 Å². The highest BCUT2D eigenvalue weighted by Crippen LogP contribution is 2.25. The van der Waals surface area contributed by atoms with Crippen LogP contribution >= 0.6 is 0 Å². The number of carbonyl (C=O) groups is 3. The second kappa shape index (κ2) is 7.23. The highest BCUT2D eigenvalue weighted by molar-refractivity contribution is 5.83. The SMILES string of the molecule is CCNCC(C)C(=O)N1CCC(C(=O)O)C(C(=O)O)C1. The first kappa shape index (κ1) is 16.4. The number of likely N-dealkylation sites (tertiary alicyclic amines) is 1. The van der Waals surface area contributed by atoms with E-state index in [2.05, 4.69) is 5.32 Å². The molecule has 1 fully saturated rings. The molecule has 20 heavy (non-hydrogen) atoms. The predicted molar refractivity (Wildman–Crippen MR) is 71.2 cm³/mol. The molecule has 0 aromatic rings. The normalized spacial score (nSPS) is 24.2. The van der Waals surface area contributed by atoms with E-state index in [-0.39, 0.29) is 24.8 Å². The quantitative estimate of drug-likeness (QED) is 0.627. The van der Waals surface area contributed by atoms with Crippen LogP contribution in [-0.2, 0) is 14.4 Å². The molecule has 7 heteroatoms. The summed E-state index contributed by atoms with van der Waals surface area (Å²) in [6.07, 6.45) is 0.186. The first-order chi connectivity index (χ1) is 9.38. The zero-order valence-corrected chi connectivity index (χ0v) is 11.8. The Morgan fingerprint density at radius 3 is 2.35 bits per heavy atom. The van der Waals surface area contributed by atoms with Crippen LogP contribution in [0.1, 0.15) is 20.3 Å². The summed E-state index contributed by atoms with van der Waals surface area (Å²) < 4.78 is 0. The van der Waals surface area contributed by atoms with E-state index in [1.54, 1.807) is 6.92 Å². The molecule has 0 spiro atoms.